The highest BCUT2D eigenvalue weighted by molar-refractivity contribution is 9.10. The first-order valence-electron chi connectivity index (χ1n) is 6.43. The van der Waals surface area contributed by atoms with Gasteiger partial charge in [-0.05, 0) is 61.7 Å². The molecule has 2 N–H and O–H groups in total. The fourth-order valence-corrected chi connectivity index (χ4v) is 2.40. The zero-order valence-electron chi connectivity index (χ0n) is 11.5. The summed E-state index contributed by atoms with van der Waals surface area (Å²) in [6.45, 7) is 3.94. The SMILES string of the molecule is Cc1cc(Oc2cc(Br)ccc2CC(C)N)ccc1Cl. The van der Waals surface area contributed by atoms with E-state index in [0.717, 1.165) is 38.5 Å². The van der Waals surface area contributed by atoms with Gasteiger partial charge in [-0.3, -0.25) is 0 Å². The largest absolute Gasteiger partial charge is 0.457 e. The molecule has 0 heterocycles. The van der Waals surface area contributed by atoms with Crippen LogP contribution in [0.5, 0.6) is 11.5 Å². The number of rotatable bonds is 4. The van der Waals surface area contributed by atoms with Crippen molar-refractivity contribution >= 4 is 27.5 Å². The summed E-state index contributed by atoms with van der Waals surface area (Å²) in [5.41, 5.74) is 7.97. The molecule has 0 aliphatic carbocycles. The highest BCUT2D eigenvalue weighted by atomic mass is 79.9. The smallest absolute Gasteiger partial charge is 0.131 e. The van der Waals surface area contributed by atoms with Gasteiger partial charge in [0.15, 0.2) is 0 Å². The van der Waals surface area contributed by atoms with E-state index in [1.165, 1.54) is 0 Å². The van der Waals surface area contributed by atoms with Crippen LogP contribution in [0.1, 0.15) is 18.1 Å². The predicted molar refractivity (Wildman–Crippen MR) is 87.8 cm³/mol. The third-order valence-electron chi connectivity index (χ3n) is 2.93. The molecule has 106 valence electrons. The summed E-state index contributed by atoms with van der Waals surface area (Å²) in [6, 6.07) is 11.7. The molecular formula is C16H17BrClNO. The molecule has 0 saturated heterocycles. The maximum absolute atomic E-state index is 6.03. The summed E-state index contributed by atoms with van der Waals surface area (Å²) in [4.78, 5) is 0. The van der Waals surface area contributed by atoms with E-state index in [1.807, 2.05) is 50.2 Å². The number of benzene rings is 2. The topological polar surface area (TPSA) is 35.2 Å². The minimum absolute atomic E-state index is 0.0884. The molecule has 0 saturated carbocycles. The summed E-state index contributed by atoms with van der Waals surface area (Å²) < 4.78 is 6.96. The van der Waals surface area contributed by atoms with Crippen LogP contribution in [0.15, 0.2) is 40.9 Å². The van der Waals surface area contributed by atoms with Crippen molar-refractivity contribution in [2.45, 2.75) is 26.3 Å². The Bertz CT molecular complexity index is 613. The Hall–Kier alpha value is -1.03. The van der Waals surface area contributed by atoms with E-state index >= 15 is 0 Å². The van der Waals surface area contributed by atoms with E-state index in [9.17, 15) is 0 Å². The van der Waals surface area contributed by atoms with Crippen LogP contribution in [0.25, 0.3) is 0 Å². The molecule has 0 aliphatic rings. The molecule has 0 aliphatic heterocycles. The van der Waals surface area contributed by atoms with Crippen LogP contribution >= 0.6 is 27.5 Å². The Morgan fingerprint density at radius 2 is 2.00 bits per heavy atom. The molecule has 20 heavy (non-hydrogen) atoms. The molecule has 0 amide bonds. The number of hydrogen-bond acceptors (Lipinski definition) is 2. The van der Waals surface area contributed by atoms with Crippen LogP contribution in [-0.2, 0) is 6.42 Å². The predicted octanol–water partition coefficient (Wildman–Crippen LogP) is 5.09. The normalized spacial score (nSPS) is 12.2. The lowest BCUT2D eigenvalue weighted by molar-refractivity contribution is 0.473. The maximum Gasteiger partial charge on any atom is 0.131 e. The first-order valence-corrected chi connectivity index (χ1v) is 7.61. The quantitative estimate of drug-likeness (QED) is 0.829. The average Bonchev–Trinajstić information content (AvgIpc) is 2.37. The van der Waals surface area contributed by atoms with E-state index in [0.29, 0.717) is 0 Å². The van der Waals surface area contributed by atoms with Gasteiger partial charge < -0.3 is 10.5 Å². The third kappa shape index (κ3) is 3.98. The first-order chi connectivity index (χ1) is 9.45. The Kier molecular flexibility index (Phi) is 5.08. The van der Waals surface area contributed by atoms with Gasteiger partial charge in [0.2, 0.25) is 0 Å². The lowest BCUT2D eigenvalue weighted by Crippen LogP contribution is -2.18. The van der Waals surface area contributed by atoms with Gasteiger partial charge in [-0.25, -0.2) is 0 Å². The lowest BCUT2D eigenvalue weighted by atomic mass is 10.1. The Labute approximate surface area is 133 Å². The van der Waals surface area contributed by atoms with Gasteiger partial charge in [0.1, 0.15) is 11.5 Å². The summed E-state index contributed by atoms with van der Waals surface area (Å²) in [5.74, 6) is 1.59. The van der Waals surface area contributed by atoms with Crippen molar-refractivity contribution in [3.8, 4) is 11.5 Å². The van der Waals surface area contributed by atoms with E-state index in [4.69, 9.17) is 22.1 Å². The van der Waals surface area contributed by atoms with Crippen LogP contribution in [0.2, 0.25) is 5.02 Å². The first kappa shape index (κ1) is 15.4. The molecule has 2 rings (SSSR count). The van der Waals surface area contributed by atoms with Crippen LogP contribution in [0, 0.1) is 6.92 Å². The summed E-state index contributed by atoms with van der Waals surface area (Å²) in [7, 11) is 0. The van der Waals surface area contributed by atoms with Gasteiger partial charge in [0, 0.05) is 15.5 Å². The van der Waals surface area contributed by atoms with Crippen molar-refractivity contribution in [1.82, 2.24) is 0 Å². The molecule has 2 aromatic rings. The monoisotopic (exact) mass is 353 g/mol. The molecular weight excluding hydrogens is 338 g/mol. The fourth-order valence-electron chi connectivity index (χ4n) is 1.95. The number of ether oxygens (including phenoxy) is 1. The van der Waals surface area contributed by atoms with Crippen molar-refractivity contribution in [3.05, 3.63) is 57.0 Å². The van der Waals surface area contributed by atoms with Gasteiger partial charge in [-0.2, -0.15) is 0 Å². The van der Waals surface area contributed by atoms with E-state index in [-0.39, 0.29) is 6.04 Å². The number of hydrogen-bond donors (Lipinski definition) is 1. The van der Waals surface area contributed by atoms with Crippen molar-refractivity contribution in [3.63, 3.8) is 0 Å². The van der Waals surface area contributed by atoms with E-state index < -0.39 is 0 Å². The zero-order chi connectivity index (χ0) is 14.7. The molecule has 0 fully saturated rings. The van der Waals surface area contributed by atoms with Crippen LogP contribution < -0.4 is 10.5 Å². The second kappa shape index (κ2) is 6.61. The van der Waals surface area contributed by atoms with Gasteiger partial charge in [0.25, 0.3) is 0 Å². The van der Waals surface area contributed by atoms with E-state index in [1.54, 1.807) is 0 Å². The zero-order valence-corrected chi connectivity index (χ0v) is 13.8. The van der Waals surface area contributed by atoms with E-state index in [2.05, 4.69) is 15.9 Å². The van der Waals surface area contributed by atoms with Crippen molar-refractivity contribution in [1.29, 1.82) is 0 Å². The standard InChI is InChI=1S/C16H17BrClNO/c1-10-7-14(5-6-15(10)18)20-16-9-13(17)4-3-12(16)8-11(2)19/h3-7,9,11H,8,19H2,1-2H3. The van der Waals surface area contributed by atoms with Gasteiger partial charge >= 0.3 is 0 Å². The lowest BCUT2D eigenvalue weighted by Gasteiger charge is -2.14. The average molecular weight is 355 g/mol. The molecule has 1 atom stereocenters. The minimum Gasteiger partial charge on any atom is -0.457 e. The van der Waals surface area contributed by atoms with Crippen molar-refractivity contribution in [2.75, 3.05) is 0 Å². The minimum atomic E-state index is 0.0884. The number of aryl methyl sites for hydroxylation is 1. The number of halogens is 2. The molecule has 0 spiro atoms. The second-order valence-electron chi connectivity index (χ2n) is 4.95. The van der Waals surface area contributed by atoms with Gasteiger partial charge in [-0.1, -0.05) is 33.6 Å². The van der Waals surface area contributed by atoms with Gasteiger partial charge in [0.05, 0.1) is 0 Å². The van der Waals surface area contributed by atoms with Crippen molar-refractivity contribution in [2.24, 2.45) is 5.73 Å². The van der Waals surface area contributed by atoms with Crippen molar-refractivity contribution < 1.29 is 4.74 Å². The number of nitrogens with two attached hydrogens (primary N) is 1. The van der Waals surface area contributed by atoms with Crippen LogP contribution in [0.3, 0.4) is 0 Å². The second-order valence-corrected chi connectivity index (χ2v) is 6.27. The Morgan fingerprint density at radius 3 is 2.65 bits per heavy atom. The Balaban J connectivity index is 2.31. The summed E-state index contributed by atoms with van der Waals surface area (Å²) >= 11 is 9.50. The highest BCUT2D eigenvalue weighted by Crippen LogP contribution is 2.31. The molecule has 0 bridgehead atoms. The summed E-state index contributed by atoms with van der Waals surface area (Å²) in [6.07, 6.45) is 0.773. The Morgan fingerprint density at radius 1 is 1.25 bits per heavy atom. The molecule has 2 aromatic carbocycles. The van der Waals surface area contributed by atoms with Crippen LogP contribution in [-0.4, -0.2) is 6.04 Å². The molecule has 0 radical (unpaired) electrons. The molecule has 4 heteroatoms. The molecule has 1 unspecified atom stereocenters. The maximum atomic E-state index is 6.03. The third-order valence-corrected chi connectivity index (χ3v) is 3.85. The molecule has 2 nitrogen and oxygen atoms in total. The highest BCUT2D eigenvalue weighted by Gasteiger charge is 2.09. The summed E-state index contributed by atoms with van der Waals surface area (Å²) in [5, 5.41) is 0.738. The fraction of sp³-hybridized carbons (Fsp3) is 0.250. The van der Waals surface area contributed by atoms with Gasteiger partial charge in [-0.15, -0.1) is 0 Å². The van der Waals surface area contributed by atoms with Crippen LogP contribution in [0.4, 0.5) is 0 Å². The molecule has 0 aromatic heterocycles.